The molecule has 1 aliphatic rings. The van der Waals surface area contributed by atoms with Gasteiger partial charge in [0.05, 0.1) is 0 Å². The Morgan fingerprint density at radius 1 is 0.957 bits per heavy atom. The second-order valence-corrected chi connectivity index (χ2v) is 6.05. The van der Waals surface area contributed by atoms with E-state index in [4.69, 9.17) is 0 Å². The maximum Gasteiger partial charge on any atom is 0.313 e. The topological polar surface area (TPSA) is 78.5 Å². The number of piperidine rings is 1. The van der Waals surface area contributed by atoms with Crippen molar-refractivity contribution in [3.05, 3.63) is 24.3 Å². The van der Waals surface area contributed by atoms with Crippen molar-refractivity contribution in [2.24, 2.45) is 0 Å². The first-order chi connectivity index (χ1) is 10.9. The molecule has 2 atom stereocenters. The van der Waals surface area contributed by atoms with Gasteiger partial charge in [-0.3, -0.25) is 14.4 Å². The third-order valence-corrected chi connectivity index (χ3v) is 4.09. The van der Waals surface area contributed by atoms with Gasteiger partial charge in [0.25, 0.3) is 0 Å². The summed E-state index contributed by atoms with van der Waals surface area (Å²) in [5.74, 6) is -1.28. The van der Waals surface area contributed by atoms with Crippen molar-refractivity contribution in [2.45, 2.75) is 52.1 Å². The number of nitrogens with zero attached hydrogens (tertiary/aromatic N) is 1. The first kappa shape index (κ1) is 17.0. The van der Waals surface area contributed by atoms with E-state index in [1.165, 1.54) is 6.92 Å². The molecule has 2 rings (SSSR count). The van der Waals surface area contributed by atoms with Crippen LogP contribution in [0.2, 0.25) is 0 Å². The molecule has 1 aliphatic heterocycles. The highest BCUT2D eigenvalue weighted by molar-refractivity contribution is 6.39. The number of amides is 3. The molecule has 1 aromatic carbocycles. The molecule has 0 aromatic heterocycles. The number of anilines is 2. The number of hydrogen-bond acceptors (Lipinski definition) is 3. The van der Waals surface area contributed by atoms with Crippen molar-refractivity contribution < 1.29 is 14.4 Å². The Morgan fingerprint density at radius 3 is 1.91 bits per heavy atom. The molecule has 23 heavy (non-hydrogen) atoms. The zero-order valence-electron chi connectivity index (χ0n) is 13.8. The third-order valence-electron chi connectivity index (χ3n) is 4.09. The molecule has 0 spiro atoms. The van der Waals surface area contributed by atoms with Crippen molar-refractivity contribution >= 4 is 29.1 Å². The molecule has 1 aromatic rings. The van der Waals surface area contributed by atoms with E-state index in [2.05, 4.69) is 10.6 Å². The average molecular weight is 317 g/mol. The summed E-state index contributed by atoms with van der Waals surface area (Å²) in [4.78, 5) is 37.2. The van der Waals surface area contributed by atoms with Crippen LogP contribution in [0.25, 0.3) is 0 Å². The number of likely N-dealkylation sites (tertiary alicyclic amines) is 1. The molecule has 0 radical (unpaired) electrons. The van der Waals surface area contributed by atoms with Crippen LogP contribution in [-0.2, 0) is 14.4 Å². The van der Waals surface area contributed by atoms with E-state index in [9.17, 15) is 14.4 Å². The van der Waals surface area contributed by atoms with Crippen molar-refractivity contribution in [2.75, 3.05) is 10.6 Å². The lowest BCUT2D eigenvalue weighted by atomic mass is 9.97. The van der Waals surface area contributed by atoms with Gasteiger partial charge in [0, 0.05) is 30.4 Å². The number of carbonyl (C=O) groups excluding carboxylic acids is 3. The van der Waals surface area contributed by atoms with Gasteiger partial charge in [-0.2, -0.15) is 0 Å². The van der Waals surface area contributed by atoms with Gasteiger partial charge in [0.2, 0.25) is 5.91 Å². The number of carbonyl (C=O) groups is 3. The van der Waals surface area contributed by atoms with E-state index in [-0.39, 0.29) is 18.0 Å². The predicted molar refractivity (Wildman–Crippen MR) is 89.0 cm³/mol. The molecule has 2 N–H and O–H groups in total. The Morgan fingerprint density at radius 2 is 1.43 bits per heavy atom. The number of nitrogens with one attached hydrogen (secondary N) is 2. The Labute approximate surface area is 136 Å². The van der Waals surface area contributed by atoms with E-state index >= 15 is 0 Å². The number of hydrogen-bond donors (Lipinski definition) is 2. The molecule has 2 unspecified atom stereocenters. The summed E-state index contributed by atoms with van der Waals surface area (Å²) in [6, 6.07) is 6.82. The molecule has 6 heteroatoms. The Kier molecular flexibility index (Phi) is 5.36. The van der Waals surface area contributed by atoms with Gasteiger partial charge in [-0.25, -0.2) is 0 Å². The van der Waals surface area contributed by atoms with Crippen LogP contribution < -0.4 is 10.6 Å². The summed E-state index contributed by atoms with van der Waals surface area (Å²) in [5, 5.41) is 5.26. The van der Waals surface area contributed by atoms with Crippen LogP contribution >= 0.6 is 0 Å². The minimum absolute atomic E-state index is 0.0825. The Bertz CT molecular complexity index is 588. The molecular weight excluding hydrogens is 294 g/mol. The van der Waals surface area contributed by atoms with Gasteiger partial charge in [0.15, 0.2) is 0 Å². The number of benzene rings is 1. The molecule has 1 fully saturated rings. The van der Waals surface area contributed by atoms with E-state index in [1.54, 1.807) is 29.2 Å². The van der Waals surface area contributed by atoms with Crippen LogP contribution in [0, 0.1) is 0 Å². The summed E-state index contributed by atoms with van der Waals surface area (Å²) in [6.07, 6.45) is 2.93. The zero-order valence-corrected chi connectivity index (χ0v) is 13.8. The molecule has 0 saturated carbocycles. The maximum atomic E-state index is 12.4. The van der Waals surface area contributed by atoms with E-state index in [0.29, 0.717) is 11.4 Å². The highest BCUT2D eigenvalue weighted by atomic mass is 16.2. The van der Waals surface area contributed by atoms with Gasteiger partial charge < -0.3 is 15.5 Å². The molecule has 3 amide bonds. The van der Waals surface area contributed by atoms with Crippen LogP contribution in [-0.4, -0.2) is 34.7 Å². The van der Waals surface area contributed by atoms with E-state index in [0.717, 1.165) is 19.3 Å². The predicted octanol–water partition coefficient (Wildman–Crippen LogP) is 2.37. The smallest absolute Gasteiger partial charge is 0.313 e. The van der Waals surface area contributed by atoms with E-state index in [1.807, 2.05) is 13.8 Å². The molecule has 0 bridgehead atoms. The lowest BCUT2D eigenvalue weighted by Crippen LogP contribution is -2.51. The summed E-state index contributed by atoms with van der Waals surface area (Å²) >= 11 is 0. The van der Waals surface area contributed by atoms with Crippen LogP contribution in [0.5, 0.6) is 0 Å². The van der Waals surface area contributed by atoms with E-state index < -0.39 is 11.8 Å². The fourth-order valence-corrected chi connectivity index (χ4v) is 2.96. The van der Waals surface area contributed by atoms with Gasteiger partial charge in [-0.1, -0.05) is 0 Å². The molecule has 1 heterocycles. The summed E-state index contributed by atoms with van der Waals surface area (Å²) < 4.78 is 0. The average Bonchev–Trinajstić information content (AvgIpc) is 2.48. The van der Waals surface area contributed by atoms with Crippen molar-refractivity contribution in [1.29, 1.82) is 0 Å². The monoisotopic (exact) mass is 317 g/mol. The molecule has 124 valence electrons. The van der Waals surface area contributed by atoms with Gasteiger partial charge >= 0.3 is 11.8 Å². The van der Waals surface area contributed by atoms with Crippen LogP contribution in [0.4, 0.5) is 11.4 Å². The lowest BCUT2D eigenvalue weighted by molar-refractivity contribution is -0.147. The molecule has 0 aliphatic carbocycles. The third kappa shape index (κ3) is 4.31. The summed E-state index contributed by atoms with van der Waals surface area (Å²) in [6.45, 7) is 5.38. The van der Waals surface area contributed by atoms with Crippen molar-refractivity contribution in [3.8, 4) is 0 Å². The first-order valence-electron chi connectivity index (χ1n) is 7.89. The van der Waals surface area contributed by atoms with Crippen LogP contribution in [0.15, 0.2) is 24.3 Å². The van der Waals surface area contributed by atoms with Crippen molar-refractivity contribution in [3.63, 3.8) is 0 Å². The first-order valence-corrected chi connectivity index (χ1v) is 7.89. The highest BCUT2D eigenvalue weighted by Gasteiger charge is 2.32. The minimum atomic E-state index is -0.627. The second kappa shape index (κ2) is 7.26. The summed E-state index contributed by atoms with van der Waals surface area (Å²) in [5.41, 5.74) is 1.16. The fraction of sp³-hybridized carbons (Fsp3) is 0.471. The number of rotatable bonds is 2. The summed E-state index contributed by atoms with van der Waals surface area (Å²) in [7, 11) is 0. The van der Waals surface area contributed by atoms with Crippen LogP contribution in [0.1, 0.15) is 40.0 Å². The van der Waals surface area contributed by atoms with Gasteiger partial charge in [-0.15, -0.1) is 0 Å². The van der Waals surface area contributed by atoms with Crippen LogP contribution in [0.3, 0.4) is 0 Å². The molecular formula is C17H23N3O3. The SMILES string of the molecule is CC(=O)Nc1ccc(NC(=O)C(=O)N2C(C)CCCC2C)cc1. The largest absolute Gasteiger partial charge is 0.329 e. The highest BCUT2D eigenvalue weighted by Crippen LogP contribution is 2.23. The molecule has 1 saturated heterocycles. The molecule has 6 nitrogen and oxygen atoms in total. The lowest BCUT2D eigenvalue weighted by Gasteiger charge is -2.38. The second-order valence-electron chi connectivity index (χ2n) is 6.05. The quantitative estimate of drug-likeness (QED) is 0.822. The van der Waals surface area contributed by atoms with Gasteiger partial charge in [0.1, 0.15) is 0 Å². The maximum absolute atomic E-state index is 12.4. The minimum Gasteiger partial charge on any atom is -0.329 e. The normalized spacial score (nSPS) is 20.7. The Balaban J connectivity index is 2.00. The fourth-order valence-electron chi connectivity index (χ4n) is 2.96. The van der Waals surface area contributed by atoms with Crippen molar-refractivity contribution in [1.82, 2.24) is 4.90 Å². The standard InChI is InChI=1S/C17H23N3O3/c1-11-5-4-6-12(2)20(11)17(23)16(22)19-15-9-7-14(8-10-15)18-13(3)21/h7-12H,4-6H2,1-3H3,(H,18,21)(H,19,22). The Hall–Kier alpha value is -2.37. The van der Waals surface area contributed by atoms with Gasteiger partial charge in [-0.05, 0) is 57.4 Å². The zero-order chi connectivity index (χ0) is 17.0.